The van der Waals surface area contributed by atoms with Crippen molar-refractivity contribution in [1.29, 1.82) is 0 Å². The number of rotatable bonds is 8. The van der Waals surface area contributed by atoms with Gasteiger partial charge in [-0.2, -0.15) is 0 Å². The van der Waals surface area contributed by atoms with Crippen LogP contribution in [0.2, 0.25) is 0 Å². The summed E-state index contributed by atoms with van der Waals surface area (Å²) in [6, 6.07) is 7.60. The molecule has 1 aromatic carbocycles. The molecule has 0 amide bonds. The van der Waals surface area contributed by atoms with Crippen LogP contribution in [-0.4, -0.2) is 26.4 Å². The van der Waals surface area contributed by atoms with Crippen molar-refractivity contribution >= 4 is 0 Å². The van der Waals surface area contributed by atoms with Crippen LogP contribution in [0.25, 0.3) is 0 Å². The van der Waals surface area contributed by atoms with Gasteiger partial charge in [0.1, 0.15) is 18.1 Å². The van der Waals surface area contributed by atoms with E-state index in [0.29, 0.717) is 19.1 Å². The van der Waals surface area contributed by atoms with Gasteiger partial charge in [-0.25, -0.2) is 0 Å². The molecule has 0 N–H and O–H groups in total. The van der Waals surface area contributed by atoms with E-state index in [1.807, 2.05) is 30.3 Å². The Bertz CT molecular complexity index is 653. The number of hydrogen-bond acceptors (Lipinski definition) is 3. The third kappa shape index (κ3) is 4.27. The van der Waals surface area contributed by atoms with E-state index in [2.05, 4.69) is 25.0 Å². The number of allylic oxidation sites excluding steroid dienone is 2. The summed E-state index contributed by atoms with van der Waals surface area (Å²) in [5, 5.41) is 0. The first kappa shape index (κ1) is 17.6. The van der Waals surface area contributed by atoms with Gasteiger partial charge in [-0.15, -0.1) is 18.9 Å². The van der Waals surface area contributed by atoms with Crippen molar-refractivity contribution in [3.63, 3.8) is 0 Å². The van der Waals surface area contributed by atoms with Gasteiger partial charge in [0.25, 0.3) is 0 Å². The topological polar surface area (TPSA) is 27.7 Å². The highest BCUT2D eigenvalue weighted by molar-refractivity contribution is 5.43. The third-order valence-electron chi connectivity index (χ3n) is 4.97. The van der Waals surface area contributed by atoms with Gasteiger partial charge in [-0.3, -0.25) is 0 Å². The molecular weight excluding hydrogens is 312 g/mol. The molecule has 131 valence electrons. The van der Waals surface area contributed by atoms with Gasteiger partial charge in [0, 0.05) is 18.3 Å². The van der Waals surface area contributed by atoms with Crippen LogP contribution in [0, 0.1) is 36.5 Å². The van der Waals surface area contributed by atoms with Crippen molar-refractivity contribution in [3.8, 4) is 23.8 Å². The molecular formula is C22H25O3. The second-order valence-electron chi connectivity index (χ2n) is 6.54. The van der Waals surface area contributed by atoms with E-state index in [-0.39, 0.29) is 17.9 Å². The summed E-state index contributed by atoms with van der Waals surface area (Å²) in [5.74, 6) is 5.43. The fourth-order valence-corrected chi connectivity index (χ4v) is 3.51. The van der Waals surface area contributed by atoms with Gasteiger partial charge in [0.05, 0.1) is 19.8 Å². The fourth-order valence-electron chi connectivity index (χ4n) is 3.51. The van der Waals surface area contributed by atoms with E-state index in [1.54, 1.807) is 7.11 Å². The quantitative estimate of drug-likeness (QED) is 0.529. The molecule has 4 atom stereocenters. The lowest BCUT2D eigenvalue weighted by molar-refractivity contribution is -0.0819. The van der Waals surface area contributed by atoms with E-state index in [0.717, 1.165) is 24.3 Å². The van der Waals surface area contributed by atoms with E-state index in [4.69, 9.17) is 20.6 Å². The Morgan fingerprint density at radius 2 is 2.04 bits per heavy atom. The Labute approximate surface area is 150 Å². The summed E-state index contributed by atoms with van der Waals surface area (Å²) in [5.41, 5.74) is 1.30. The molecule has 3 heteroatoms. The molecule has 2 aliphatic rings. The zero-order valence-electron chi connectivity index (χ0n) is 14.7. The zero-order chi connectivity index (χ0) is 17.6. The number of methoxy groups -OCH3 is 1. The van der Waals surface area contributed by atoms with Crippen LogP contribution in [0.1, 0.15) is 12.8 Å². The summed E-state index contributed by atoms with van der Waals surface area (Å²) in [7, 11) is 1.65. The predicted molar refractivity (Wildman–Crippen MR) is 99.3 cm³/mol. The summed E-state index contributed by atoms with van der Waals surface area (Å²) in [6.07, 6.45) is 14.1. The van der Waals surface area contributed by atoms with Gasteiger partial charge in [-0.05, 0) is 43.0 Å². The van der Waals surface area contributed by atoms with Crippen LogP contribution in [0.15, 0.2) is 48.6 Å². The van der Waals surface area contributed by atoms with E-state index >= 15 is 0 Å². The second kappa shape index (κ2) is 8.27. The van der Waals surface area contributed by atoms with Crippen LogP contribution in [0.3, 0.4) is 0 Å². The Kier molecular flexibility index (Phi) is 5.83. The maximum Gasteiger partial charge on any atom is 0.119 e. The average Bonchev–Trinajstić information content (AvgIpc) is 3.49. The normalized spacial score (nSPS) is 27.8. The lowest BCUT2D eigenvalue weighted by atomic mass is 9.74. The predicted octanol–water partition coefficient (Wildman–Crippen LogP) is 4.07. The Balaban J connectivity index is 1.65. The first-order valence-corrected chi connectivity index (χ1v) is 8.77. The molecule has 1 radical (unpaired) electrons. The van der Waals surface area contributed by atoms with E-state index < -0.39 is 0 Å². The van der Waals surface area contributed by atoms with Gasteiger partial charge >= 0.3 is 0 Å². The number of terminal acetylenes is 1. The van der Waals surface area contributed by atoms with Gasteiger partial charge < -0.3 is 14.2 Å². The van der Waals surface area contributed by atoms with Crippen LogP contribution in [-0.2, 0) is 4.74 Å². The number of benzene rings is 1. The minimum absolute atomic E-state index is 0.0202. The molecule has 1 fully saturated rings. The largest absolute Gasteiger partial charge is 0.497 e. The molecule has 0 saturated carbocycles. The van der Waals surface area contributed by atoms with E-state index in [1.165, 1.54) is 5.57 Å². The van der Waals surface area contributed by atoms with Gasteiger partial charge in [-0.1, -0.05) is 17.7 Å². The maximum absolute atomic E-state index is 6.16. The number of ether oxygens (including phenoxy) is 3. The molecule has 0 unspecified atom stereocenters. The first-order chi connectivity index (χ1) is 12.3. The zero-order valence-corrected chi connectivity index (χ0v) is 14.7. The molecule has 1 saturated heterocycles. The number of hydrogen-bond donors (Lipinski definition) is 0. The molecule has 1 aliphatic heterocycles. The maximum atomic E-state index is 6.16. The highest BCUT2D eigenvalue weighted by atomic mass is 16.5. The van der Waals surface area contributed by atoms with Crippen molar-refractivity contribution in [1.82, 2.24) is 0 Å². The summed E-state index contributed by atoms with van der Waals surface area (Å²) in [6.45, 7) is 4.99. The Morgan fingerprint density at radius 3 is 2.64 bits per heavy atom. The fraction of sp³-hybridized carbons (Fsp3) is 0.409. The molecule has 1 aromatic rings. The van der Waals surface area contributed by atoms with Crippen LogP contribution < -0.4 is 9.47 Å². The highest BCUT2D eigenvalue weighted by Crippen LogP contribution is 2.43. The van der Waals surface area contributed by atoms with Crippen molar-refractivity contribution in [3.05, 3.63) is 55.0 Å². The molecule has 0 spiro atoms. The molecule has 1 heterocycles. The summed E-state index contributed by atoms with van der Waals surface area (Å²) >= 11 is 0. The lowest BCUT2D eigenvalue weighted by Crippen LogP contribution is -2.44. The second-order valence-corrected chi connectivity index (χ2v) is 6.54. The van der Waals surface area contributed by atoms with Crippen LogP contribution in [0.4, 0.5) is 0 Å². The molecule has 0 bridgehead atoms. The minimum atomic E-state index is -0.0202. The van der Waals surface area contributed by atoms with Crippen molar-refractivity contribution in [2.24, 2.45) is 17.8 Å². The SMILES string of the molecule is C#C[C@@H]1[C@@H](CCC=C)CO[C@H](COc2ccc(OC)cc2)[C@@H]1C1=C[CH]1. The average molecular weight is 337 g/mol. The van der Waals surface area contributed by atoms with Crippen molar-refractivity contribution in [2.45, 2.75) is 18.9 Å². The summed E-state index contributed by atoms with van der Waals surface area (Å²) < 4.78 is 17.3. The molecule has 0 aromatic heterocycles. The first-order valence-electron chi connectivity index (χ1n) is 8.77. The van der Waals surface area contributed by atoms with E-state index in [9.17, 15) is 0 Å². The molecule has 25 heavy (non-hydrogen) atoms. The Hall–Kier alpha value is -2.18. The van der Waals surface area contributed by atoms with Crippen molar-refractivity contribution < 1.29 is 14.2 Å². The highest BCUT2D eigenvalue weighted by Gasteiger charge is 2.43. The van der Waals surface area contributed by atoms with Gasteiger partial charge in [0.15, 0.2) is 0 Å². The minimum Gasteiger partial charge on any atom is -0.497 e. The van der Waals surface area contributed by atoms with Crippen LogP contribution >= 0.6 is 0 Å². The third-order valence-corrected chi connectivity index (χ3v) is 4.97. The lowest BCUT2D eigenvalue weighted by Gasteiger charge is -2.40. The smallest absolute Gasteiger partial charge is 0.119 e. The monoisotopic (exact) mass is 337 g/mol. The standard InChI is InChI=1S/C22H25O3/c1-4-6-7-17-14-25-21(22(16-8-9-16)20(17)5-2)15-24-19-12-10-18(23-3)11-13-19/h2,4,8-13,17,20-22H,1,6-7,14-15H2,3H3/t17-,20+,21+,22+/m0/s1. The molecule has 3 nitrogen and oxygen atoms in total. The van der Waals surface area contributed by atoms with Gasteiger partial charge in [0.2, 0.25) is 0 Å². The molecule has 1 aliphatic carbocycles. The van der Waals surface area contributed by atoms with Crippen LogP contribution in [0.5, 0.6) is 11.5 Å². The summed E-state index contributed by atoms with van der Waals surface area (Å²) in [4.78, 5) is 0. The molecule has 3 rings (SSSR count). The Morgan fingerprint density at radius 1 is 1.32 bits per heavy atom. The van der Waals surface area contributed by atoms with Crippen molar-refractivity contribution in [2.75, 3.05) is 20.3 Å².